The van der Waals surface area contributed by atoms with Gasteiger partial charge in [-0.1, -0.05) is 6.42 Å². The predicted octanol–water partition coefficient (Wildman–Crippen LogP) is 1.20. The van der Waals surface area contributed by atoms with E-state index >= 15 is 0 Å². The van der Waals surface area contributed by atoms with Crippen LogP contribution in [-0.2, 0) is 4.79 Å². The Labute approximate surface area is 67.6 Å². The number of fused-ring (bicyclic) bond motifs is 1. The van der Waals surface area contributed by atoms with E-state index in [9.17, 15) is 4.79 Å². The lowest BCUT2D eigenvalue weighted by atomic mass is 9.92. The van der Waals surface area contributed by atoms with Gasteiger partial charge in [0.15, 0.2) is 0 Å². The van der Waals surface area contributed by atoms with Gasteiger partial charge in [0, 0.05) is 6.42 Å². The van der Waals surface area contributed by atoms with E-state index < -0.39 is 0 Å². The Morgan fingerprint density at radius 2 is 2.00 bits per heavy atom. The molecule has 2 nitrogen and oxygen atoms in total. The summed E-state index contributed by atoms with van der Waals surface area (Å²) in [6, 6.07) is 0.317. The van der Waals surface area contributed by atoms with Crippen LogP contribution in [0.3, 0.4) is 0 Å². The number of carbonyl (C=O) groups is 1. The first kappa shape index (κ1) is 7.29. The second-order valence-corrected chi connectivity index (χ2v) is 3.62. The number of hydrogen-bond donors (Lipinski definition) is 0. The summed E-state index contributed by atoms with van der Waals surface area (Å²) in [7, 11) is 0. The van der Waals surface area contributed by atoms with E-state index in [0.717, 1.165) is 32.4 Å². The van der Waals surface area contributed by atoms with E-state index in [1.807, 2.05) is 0 Å². The zero-order valence-electron chi connectivity index (χ0n) is 6.88. The summed E-state index contributed by atoms with van der Waals surface area (Å²) in [5.74, 6) is 0.496. The van der Waals surface area contributed by atoms with Gasteiger partial charge in [-0.15, -0.1) is 0 Å². The molecule has 62 valence electrons. The maximum atomic E-state index is 11.4. The van der Waals surface area contributed by atoms with Crippen LogP contribution in [0.4, 0.5) is 0 Å². The molecular weight excluding hydrogens is 138 g/mol. The average molecular weight is 153 g/mol. The summed E-state index contributed by atoms with van der Waals surface area (Å²) in [6.45, 7) is 2.33. The molecule has 0 aromatic carbocycles. The van der Waals surface area contributed by atoms with Crippen LogP contribution in [0.25, 0.3) is 0 Å². The van der Waals surface area contributed by atoms with E-state index in [4.69, 9.17) is 0 Å². The van der Waals surface area contributed by atoms with Crippen LogP contribution < -0.4 is 0 Å². The SMILES string of the molecule is O=C1CCCN2CCCC[C@@H]12. The van der Waals surface area contributed by atoms with E-state index in [2.05, 4.69) is 4.90 Å². The molecule has 0 spiro atoms. The molecule has 0 aromatic rings. The Bertz CT molecular complexity index is 165. The van der Waals surface area contributed by atoms with Crippen molar-refractivity contribution in [1.82, 2.24) is 4.90 Å². The Kier molecular flexibility index (Phi) is 1.95. The standard InChI is InChI=1S/C9H15NO/c11-9-5-3-7-10-6-2-1-4-8(9)10/h8H,1-7H2/t8-/m0/s1. The predicted molar refractivity (Wildman–Crippen MR) is 43.5 cm³/mol. The summed E-state index contributed by atoms with van der Waals surface area (Å²) in [5.41, 5.74) is 0. The summed E-state index contributed by atoms with van der Waals surface area (Å²) in [6.07, 6.45) is 5.60. The van der Waals surface area contributed by atoms with Crippen molar-refractivity contribution in [3.8, 4) is 0 Å². The fourth-order valence-corrected chi connectivity index (χ4v) is 2.25. The van der Waals surface area contributed by atoms with E-state index in [-0.39, 0.29) is 0 Å². The van der Waals surface area contributed by atoms with Gasteiger partial charge in [-0.3, -0.25) is 9.69 Å². The quantitative estimate of drug-likeness (QED) is 0.521. The first-order valence-electron chi connectivity index (χ1n) is 4.65. The Hall–Kier alpha value is -0.370. The van der Waals surface area contributed by atoms with Gasteiger partial charge in [0.1, 0.15) is 5.78 Å². The maximum Gasteiger partial charge on any atom is 0.150 e. The summed E-state index contributed by atoms with van der Waals surface area (Å²) >= 11 is 0. The molecule has 2 rings (SSSR count). The molecule has 2 fully saturated rings. The zero-order valence-corrected chi connectivity index (χ0v) is 6.88. The molecule has 2 aliphatic rings. The molecule has 0 amide bonds. The summed E-state index contributed by atoms with van der Waals surface area (Å²) < 4.78 is 0. The molecule has 0 unspecified atom stereocenters. The van der Waals surface area contributed by atoms with Crippen LogP contribution in [0.2, 0.25) is 0 Å². The summed E-state index contributed by atoms with van der Waals surface area (Å²) in [5, 5.41) is 0. The van der Waals surface area contributed by atoms with Crippen LogP contribution in [0.1, 0.15) is 32.1 Å². The molecular formula is C9H15NO. The number of nitrogens with zero attached hydrogens (tertiary/aromatic N) is 1. The highest BCUT2D eigenvalue weighted by molar-refractivity contribution is 5.84. The lowest BCUT2D eigenvalue weighted by Crippen LogP contribution is -2.48. The van der Waals surface area contributed by atoms with Crippen molar-refractivity contribution in [2.45, 2.75) is 38.1 Å². The number of piperidine rings is 2. The van der Waals surface area contributed by atoms with Crippen LogP contribution in [0.15, 0.2) is 0 Å². The van der Waals surface area contributed by atoms with Gasteiger partial charge in [0.05, 0.1) is 6.04 Å². The lowest BCUT2D eigenvalue weighted by Gasteiger charge is -2.37. The van der Waals surface area contributed by atoms with Gasteiger partial charge < -0.3 is 0 Å². The average Bonchev–Trinajstić information content (AvgIpc) is 2.06. The number of hydrogen-bond acceptors (Lipinski definition) is 2. The van der Waals surface area contributed by atoms with Crippen molar-refractivity contribution < 1.29 is 4.79 Å². The normalized spacial score (nSPS) is 33.5. The van der Waals surface area contributed by atoms with Crippen molar-refractivity contribution >= 4 is 5.78 Å². The van der Waals surface area contributed by atoms with Gasteiger partial charge in [0.25, 0.3) is 0 Å². The third kappa shape index (κ3) is 1.32. The monoisotopic (exact) mass is 153 g/mol. The molecule has 1 atom stereocenters. The second-order valence-electron chi connectivity index (χ2n) is 3.62. The van der Waals surface area contributed by atoms with Crippen molar-refractivity contribution in [2.24, 2.45) is 0 Å². The Morgan fingerprint density at radius 1 is 1.18 bits per heavy atom. The highest BCUT2D eigenvalue weighted by Crippen LogP contribution is 2.23. The lowest BCUT2D eigenvalue weighted by molar-refractivity contribution is -0.128. The highest BCUT2D eigenvalue weighted by Gasteiger charge is 2.30. The van der Waals surface area contributed by atoms with Crippen LogP contribution in [0.5, 0.6) is 0 Å². The fourth-order valence-electron chi connectivity index (χ4n) is 2.25. The minimum Gasteiger partial charge on any atom is -0.298 e. The number of ketones is 1. The molecule has 2 aliphatic heterocycles. The third-order valence-corrected chi connectivity index (χ3v) is 2.85. The third-order valence-electron chi connectivity index (χ3n) is 2.85. The van der Waals surface area contributed by atoms with Crippen molar-refractivity contribution in [3.05, 3.63) is 0 Å². The van der Waals surface area contributed by atoms with Crippen LogP contribution in [-0.4, -0.2) is 29.8 Å². The molecule has 2 heteroatoms. The second kappa shape index (κ2) is 2.94. The van der Waals surface area contributed by atoms with Crippen molar-refractivity contribution in [3.63, 3.8) is 0 Å². The van der Waals surface area contributed by atoms with Crippen molar-refractivity contribution in [1.29, 1.82) is 0 Å². The highest BCUT2D eigenvalue weighted by atomic mass is 16.1. The van der Waals surface area contributed by atoms with E-state index in [0.29, 0.717) is 11.8 Å². The molecule has 0 aliphatic carbocycles. The summed E-state index contributed by atoms with van der Waals surface area (Å²) in [4.78, 5) is 13.8. The van der Waals surface area contributed by atoms with Crippen LogP contribution >= 0.6 is 0 Å². The maximum absolute atomic E-state index is 11.4. The number of Topliss-reactive ketones (excluding diaryl/α,β-unsaturated/α-hetero) is 1. The Morgan fingerprint density at radius 3 is 2.82 bits per heavy atom. The molecule has 0 N–H and O–H groups in total. The topological polar surface area (TPSA) is 20.3 Å². The number of rotatable bonds is 0. The molecule has 11 heavy (non-hydrogen) atoms. The molecule has 0 bridgehead atoms. The molecule has 2 saturated heterocycles. The van der Waals surface area contributed by atoms with Gasteiger partial charge in [0.2, 0.25) is 0 Å². The van der Waals surface area contributed by atoms with Gasteiger partial charge in [-0.05, 0) is 32.4 Å². The fraction of sp³-hybridized carbons (Fsp3) is 0.889. The minimum absolute atomic E-state index is 0.317. The smallest absolute Gasteiger partial charge is 0.150 e. The molecule has 0 aromatic heterocycles. The first-order valence-corrected chi connectivity index (χ1v) is 4.65. The van der Waals surface area contributed by atoms with E-state index in [1.165, 1.54) is 12.8 Å². The molecule has 0 radical (unpaired) electrons. The molecule has 0 saturated carbocycles. The number of carbonyl (C=O) groups excluding carboxylic acids is 1. The van der Waals surface area contributed by atoms with Gasteiger partial charge >= 0.3 is 0 Å². The zero-order chi connectivity index (χ0) is 7.68. The first-order chi connectivity index (χ1) is 5.38. The minimum atomic E-state index is 0.317. The van der Waals surface area contributed by atoms with E-state index in [1.54, 1.807) is 0 Å². The van der Waals surface area contributed by atoms with Gasteiger partial charge in [-0.2, -0.15) is 0 Å². The van der Waals surface area contributed by atoms with Crippen molar-refractivity contribution in [2.75, 3.05) is 13.1 Å². The Balaban J connectivity index is 2.05. The van der Waals surface area contributed by atoms with Crippen LogP contribution in [0, 0.1) is 0 Å². The largest absolute Gasteiger partial charge is 0.298 e. The molecule has 2 heterocycles. The van der Waals surface area contributed by atoms with Gasteiger partial charge in [-0.25, -0.2) is 0 Å².